The number of carbonyl (C=O) groups is 1. The molecule has 0 bridgehead atoms. The lowest BCUT2D eigenvalue weighted by molar-refractivity contribution is -0.126. The SMILES string of the molecule is CN1CCC(C(C)(C)CNC(=O)C2(CN)CC2)CC1. The molecular weight excluding hydrogens is 238 g/mol. The minimum Gasteiger partial charge on any atom is -0.355 e. The fourth-order valence-corrected chi connectivity index (χ4v) is 3.10. The van der Waals surface area contributed by atoms with E-state index in [1.165, 1.54) is 25.9 Å². The molecule has 4 heteroatoms. The molecule has 1 saturated heterocycles. The zero-order valence-electron chi connectivity index (χ0n) is 12.7. The van der Waals surface area contributed by atoms with Crippen molar-refractivity contribution in [3.8, 4) is 0 Å². The highest BCUT2D eigenvalue weighted by Gasteiger charge is 2.48. The first-order chi connectivity index (χ1) is 8.89. The zero-order chi connectivity index (χ0) is 14.1. The highest BCUT2D eigenvalue weighted by Crippen LogP contribution is 2.45. The van der Waals surface area contributed by atoms with Gasteiger partial charge in [0.05, 0.1) is 5.41 Å². The third kappa shape index (κ3) is 3.29. The summed E-state index contributed by atoms with van der Waals surface area (Å²) in [7, 11) is 2.18. The van der Waals surface area contributed by atoms with Gasteiger partial charge in [0.25, 0.3) is 0 Å². The van der Waals surface area contributed by atoms with Crippen molar-refractivity contribution in [3.05, 3.63) is 0 Å². The van der Waals surface area contributed by atoms with Gasteiger partial charge in [0.1, 0.15) is 0 Å². The molecular formula is C15H29N3O. The molecule has 1 aliphatic heterocycles. The molecule has 2 fully saturated rings. The normalized spacial score (nSPS) is 24.2. The number of hydrogen-bond acceptors (Lipinski definition) is 3. The van der Waals surface area contributed by atoms with E-state index in [0.29, 0.717) is 12.5 Å². The molecule has 2 aliphatic rings. The third-order valence-electron chi connectivity index (χ3n) is 5.25. The fraction of sp³-hybridized carbons (Fsp3) is 0.933. The molecule has 1 heterocycles. The summed E-state index contributed by atoms with van der Waals surface area (Å²) in [6.45, 7) is 8.19. The monoisotopic (exact) mass is 267 g/mol. The molecule has 0 atom stereocenters. The number of likely N-dealkylation sites (tertiary alicyclic amines) is 1. The Balaban J connectivity index is 1.82. The van der Waals surface area contributed by atoms with Gasteiger partial charge in [-0.1, -0.05) is 13.8 Å². The van der Waals surface area contributed by atoms with E-state index in [1.807, 2.05) is 0 Å². The van der Waals surface area contributed by atoms with Crippen LogP contribution in [0, 0.1) is 16.7 Å². The summed E-state index contributed by atoms with van der Waals surface area (Å²) in [6.07, 6.45) is 4.40. The van der Waals surface area contributed by atoms with Gasteiger partial charge in [-0.25, -0.2) is 0 Å². The van der Waals surface area contributed by atoms with Gasteiger partial charge in [-0.05, 0) is 57.2 Å². The van der Waals surface area contributed by atoms with E-state index in [2.05, 4.69) is 31.1 Å². The van der Waals surface area contributed by atoms with E-state index in [-0.39, 0.29) is 16.7 Å². The molecule has 1 aliphatic carbocycles. The van der Waals surface area contributed by atoms with Gasteiger partial charge >= 0.3 is 0 Å². The topological polar surface area (TPSA) is 58.4 Å². The molecule has 1 saturated carbocycles. The number of rotatable bonds is 5. The first-order valence-corrected chi connectivity index (χ1v) is 7.56. The predicted octanol–water partition coefficient (Wildman–Crippen LogP) is 1.21. The average Bonchev–Trinajstić information content (AvgIpc) is 3.17. The van der Waals surface area contributed by atoms with Crippen molar-refractivity contribution in [1.29, 1.82) is 0 Å². The van der Waals surface area contributed by atoms with Crippen molar-refractivity contribution in [3.63, 3.8) is 0 Å². The molecule has 0 unspecified atom stereocenters. The number of amides is 1. The summed E-state index contributed by atoms with van der Waals surface area (Å²) in [6, 6.07) is 0. The van der Waals surface area contributed by atoms with Gasteiger partial charge in [0.2, 0.25) is 5.91 Å². The molecule has 0 aromatic carbocycles. The Bertz CT molecular complexity index is 328. The van der Waals surface area contributed by atoms with Crippen LogP contribution in [0.5, 0.6) is 0 Å². The Labute approximate surface area is 117 Å². The first kappa shape index (κ1) is 14.8. The van der Waals surface area contributed by atoms with Crippen LogP contribution >= 0.6 is 0 Å². The lowest BCUT2D eigenvalue weighted by atomic mass is 9.73. The molecule has 1 amide bonds. The quantitative estimate of drug-likeness (QED) is 0.787. The summed E-state index contributed by atoms with van der Waals surface area (Å²) < 4.78 is 0. The van der Waals surface area contributed by atoms with Crippen LogP contribution in [0.2, 0.25) is 0 Å². The van der Waals surface area contributed by atoms with Crippen molar-refractivity contribution in [1.82, 2.24) is 10.2 Å². The largest absolute Gasteiger partial charge is 0.355 e. The maximum absolute atomic E-state index is 12.1. The smallest absolute Gasteiger partial charge is 0.227 e. The molecule has 0 spiro atoms. The van der Waals surface area contributed by atoms with Gasteiger partial charge in [-0.3, -0.25) is 4.79 Å². The van der Waals surface area contributed by atoms with Crippen LogP contribution in [0.25, 0.3) is 0 Å². The summed E-state index contributed by atoms with van der Waals surface area (Å²) in [4.78, 5) is 14.5. The second-order valence-electron chi connectivity index (χ2n) is 7.23. The van der Waals surface area contributed by atoms with Crippen LogP contribution < -0.4 is 11.1 Å². The standard InChI is InChI=1S/C15H29N3O/c1-14(2,12-4-8-18(3)9-5-12)11-17-13(19)15(10-16)6-7-15/h12H,4-11,16H2,1-3H3,(H,17,19). The maximum atomic E-state index is 12.1. The Morgan fingerprint density at radius 1 is 1.37 bits per heavy atom. The van der Waals surface area contributed by atoms with Crippen molar-refractivity contribution in [2.24, 2.45) is 22.5 Å². The van der Waals surface area contributed by atoms with Gasteiger partial charge in [-0.15, -0.1) is 0 Å². The van der Waals surface area contributed by atoms with Crippen LogP contribution in [-0.2, 0) is 4.79 Å². The summed E-state index contributed by atoms with van der Waals surface area (Å²) >= 11 is 0. The lowest BCUT2D eigenvalue weighted by Gasteiger charge is -2.40. The highest BCUT2D eigenvalue weighted by atomic mass is 16.2. The lowest BCUT2D eigenvalue weighted by Crippen LogP contribution is -2.45. The van der Waals surface area contributed by atoms with E-state index in [1.54, 1.807) is 0 Å². The number of piperidine rings is 1. The Kier molecular flexibility index (Phi) is 4.21. The Hall–Kier alpha value is -0.610. The minimum absolute atomic E-state index is 0.177. The average molecular weight is 267 g/mol. The molecule has 0 radical (unpaired) electrons. The Morgan fingerprint density at radius 3 is 2.42 bits per heavy atom. The summed E-state index contributed by atoms with van der Waals surface area (Å²) in [5, 5.41) is 3.15. The number of nitrogens with two attached hydrogens (primary N) is 1. The zero-order valence-corrected chi connectivity index (χ0v) is 12.7. The molecule has 0 aromatic rings. The Morgan fingerprint density at radius 2 is 1.95 bits per heavy atom. The molecule has 0 aromatic heterocycles. The van der Waals surface area contributed by atoms with Gasteiger partial charge in [-0.2, -0.15) is 0 Å². The van der Waals surface area contributed by atoms with Gasteiger partial charge in [0.15, 0.2) is 0 Å². The molecule has 2 rings (SSSR count). The fourth-order valence-electron chi connectivity index (χ4n) is 3.10. The van der Waals surface area contributed by atoms with Crippen LogP contribution in [0.3, 0.4) is 0 Å². The number of carbonyl (C=O) groups excluding carboxylic acids is 1. The minimum atomic E-state index is -0.219. The molecule has 110 valence electrons. The maximum Gasteiger partial charge on any atom is 0.227 e. The van der Waals surface area contributed by atoms with Crippen molar-refractivity contribution >= 4 is 5.91 Å². The van der Waals surface area contributed by atoms with Gasteiger partial charge in [0, 0.05) is 13.1 Å². The second-order valence-corrected chi connectivity index (χ2v) is 7.23. The summed E-state index contributed by atoms with van der Waals surface area (Å²) in [5.41, 5.74) is 5.66. The molecule has 3 N–H and O–H groups in total. The van der Waals surface area contributed by atoms with Crippen LogP contribution in [-0.4, -0.2) is 44.0 Å². The van der Waals surface area contributed by atoms with E-state index < -0.39 is 0 Å². The van der Waals surface area contributed by atoms with Crippen molar-refractivity contribution < 1.29 is 4.79 Å². The molecule has 4 nitrogen and oxygen atoms in total. The first-order valence-electron chi connectivity index (χ1n) is 7.56. The van der Waals surface area contributed by atoms with Crippen LogP contribution in [0.4, 0.5) is 0 Å². The molecule has 19 heavy (non-hydrogen) atoms. The predicted molar refractivity (Wildman–Crippen MR) is 77.7 cm³/mol. The highest BCUT2D eigenvalue weighted by molar-refractivity contribution is 5.85. The van der Waals surface area contributed by atoms with E-state index in [9.17, 15) is 4.79 Å². The van der Waals surface area contributed by atoms with E-state index in [0.717, 1.165) is 19.4 Å². The van der Waals surface area contributed by atoms with Crippen LogP contribution in [0.15, 0.2) is 0 Å². The van der Waals surface area contributed by atoms with Crippen molar-refractivity contribution in [2.75, 3.05) is 33.2 Å². The number of nitrogens with zero attached hydrogens (tertiary/aromatic N) is 1. The number of hydrogen-bond donors (Lipinski definition) is 2. The summed E-state index contributed by atoms with van der Waals surface area (Å²) in [5.74, 6) is 0.882. The third-order valence-corrected chi connectivity index (χ3v) is 5.25. The number of nitrogens with one attached hydrogen (secondary N) is 1. The van der Waals surface area contributed by atoms with Crippen LogP contribution in [0.1, 0.15) is 39.5 Å². The van der Waals surface area contributed by atoms with Gasteiger partial charge < -0.3 is 16.0 Å². The van der Waals surface area contributed by atoms with E-state index in [4.69, 9.17) is 5.73 Å². The van der Waals surface area contributed by atoms with Crippen molar-refractivity contribution in [2.45, 2.75) is 39.5 Å². The van der Waals surface area contributed by atoms with E-state index >= 15 is 0 Å². The second kappa shape index (κ2) is 5.41.